The molecule has 1 heterocycles. The summed E-state index contributed by atoms with van der Waals surface area (Å²) in [6, 6.07) is 0. The average Bonchev–Trinajstić information content (AvgIpc) is 2.54. The molecule has 1 saturated heterocycles. The molecule has 1 saturated carbocycles. The number of piperidine rings is 1. The van der Waals surface area contributed by atoms with E-state index in [1.807, 2.05) is 0 Å². The van der Waals surface area contributed by atoms with Gasteiger partial charge in [0.15, 0.2) is 0 Å². The summed E-state index contributed by atoms with van der Waals surface area (Å²) < 4.78 is 0. The molecule has 2 rings (SSSR count). The number of likely N-dealkylation sites (tertiary alicyclic amines) is 1. The van der Waals surface area contributed by atoms with Gasteiger partial charge in [0.2, 0.25) is 5.91 Å². The largest absolute Gasteiger partial charge is 0.356 e. The Kier molecular flexibility index (Phi) is 13.2. The minimum absolute atomic E-state index is 0. The lowest BCUT2D eigenvalue weighted by atomic mass is 9.71. The van der Waals surface area contributed by atoms with Gasteiger partial charge in [0.25, 0.3) is 0 Å². The fraction of sp³-hybridized carbons (Fsp3) is 0.950. The van der Waals surface area contributed by atoms with Crippen LogP contribution < -0.4 is 11.1 Å². The Morgan fingerprint density at radius 3 is 2.27 bits per heavy atom. The van der Waals surface area contributed by atoms with Gasteiger partial charge in [-0.25, -0.2) is 0 Å². The molecule has 0 aromatic rings. The average molecular weight is 410 g/mol. The van der Waals surface area contributed by atoms with Gasteiger partial charge < -0.3 is 16.0 Å². The first-order valence-corrected chi connectivity index (χ1v) is 10.2. The van der Waals surface area contributed by atoms with E-state index < -0.39 is 0 Å². The van der Waals surface area contributed by atoms with E-state index in [0.717, 1.165) is 37.6 Å². The molecule has 1 amide bonds. The van der Waals surface area contributed by atoms with Crippen LogP contribution in [0.1, 0.15) is 71.6 Å². The number of rotatable bonds is 8. The predicted molar refractivity (Wildman–Crippen MR) is 115 cm³/mol. The van der Waals surface area contributed by atoms with Crippen LogP contribution >= 0.6 is 24.8 Å². The van der Waals surface area contributed by atoms with Crippen molar-refractivity contribution in [2.24, 2.45) is 23.0 Å². The quantitative estimate of drug-likeness (QED) is 0.595. The molecular weight excluding hydrogens is 369 g/mol. The molecule has 0 aromatic heterocycles. The SMILES string of the molecule is CC1CC(C)CN(CCCCNC(=O)CC2(CN)CCCCC2)C1.Cl.Cl. The number of carbonyl (C=O) groups excluding carboxylic acids is 1. The number of nitrogens with one attached hydrogen (secondary N) is 1. The molecule has 3 N–H and O–H groups in total. The minimum atomic E-state index is 0. The van der Waals surface area contributed by atoms with Crippen LogP contribution in [0.3, 0.4) is 0 Å². The molecule has 2 aliphatic rings. The lowest BCUT2D eigenvalue weighted by molar-refractivity contribution is -0.123. The van der Waals surface area contributed by atoms with Crippen molar-refractivity contribution in [3.63, 3.8) is 0 Å². The summed E-state index contributed by atoms with van der Waals surface area (Å²) >= 11 is 0. The second-order valence-electron chi connectivity index (χ2n) is 8.70. The standard InChI is InChI=1S/C20H39N3O.2ClH/c1-17-12-18(2)15-23(14-17)11-7-6-10-22-19(24)13-20(16-21)8-4-3-5-9-20;;/h17-18H,3-16,21H2,1-2H3,(H,22,24);2*1H. The summed E-state index contributed by atoms with van der Waals surface area (Å²) in [6.07, 6.45) is 10.3. The highest BCUT2D eigenvalue weighted by atomic mass is 35.5. The Bertz CT molecular complexity index is 379. The third-order valence-electron chi connectivity index (χ3n) is 6.05. The fourth-order valence-electron chi connectivity index (χ4n) is 4.82. The molecule has 1 aliphatic heterocycles. The van der Waals surface area contributed by atoms with Crippen molar-refractivity contribution < 1.29 is 4.79 Å². The Morgan fingerprint density at radius 2 is 1.69 bits per heavy atom. The summed E-state index contributed by atoms with van der Waals surface area (Å²) in [5.74, 6) is 1.87. The van der Waals surface area contributed by atoms with Gasteiger partial charge >= 0.3 is 0 Å². The second-order valence-corrected chi connectivity index (χ2v) is 8.70. The highest BCUT2D eigenvalue weighted by Crippen LogP contribution is 2.38. The number of nitrogens with zero attached hydrogens (tertiary/aromatic N) is 1. The lowest BCUT2D eigenvalue weighted by Crippen LogP contribution is -2.40. The third-order valence-corrected chi connectivity index (χ3v) is 6.05. The monoisotopic (exact) mass is 409 g/mol. The lowest BCUT2D eigenvalue weighted by Gasteiger charge is -2.35. The number of hydrogen-bond donors (Lipinski definition) is 2. The molecular formula is C20H41Cl2N3O. The van der Waals surface area contributed by atoms with E-state index in [4.69, 9.17) is 5.73 Å². The summed E-state index contributed by atoms with van der Waals surface area (Å²) in [4.78, 5) is 14.9. The minimum Gasteiger partial charge on any atom is -0.356 e. The Labute approximate surface area is 173 Å². The number of carbonyl (C=O) groups is 1. The number of amides is 1. The molecule has 0 bridgehead atoms. The van der Waals surface area contributed by atoms with Crippen LogP contribution in [0.25, 0.3) is 0 Å². The highest BCUT2D eigenvalue weighted by molar-refractivity contribution is 5.85. The van der Waals surface area contributed by atoms with Crippen molar-refractivity contribution in [3.05, 3.63) is 0 Å². The van der Waals surface area contributed by atoms with Crippen LogP contribution in [0, 0.1) is 17.3 Å². The number of nitrogens with two attached hydrogens (primary N) is 1. The van der Waals surface area contributed by atoms with E-state index in [1.165, 1.54) is 51.7 Å². The van der Waals surface area contributed by atoms with Crippen LogP contribution in [0.2, 0.25) is 0 Å². The molecule has 4 nitrogen and oxygen atoms in total. The Morgan fingerprint density at radius 1 is 1.08 bits per heavy atom. The number of unbranched alkanes of at least 4 members (excludes halogenated alkanes) is 1. The predicted octanol–water partition coefficient (Wildman–Crippen LogP) is 4.00. The molecule has 2 unspecified atom stereocenters. The molecule has 2 atom stereocenters. The maximum atomic E-state index is 12.2. The summed E-state index contributed by atoms with van der Waals surface area (Å²) in [5.41, 5.74) is 6.07. The highest BCUT2D eigenvalue weighted by Gasteiger charge is 2.32. The second kappa shape index (κ2) is 13.2. The van der Waals surface area contributed by atoms with Gasteiger partial charge in [-0.2, -0.15) is 0 Å². The first kappa shape index (κ1) is 26.0. The van der Waals surface area contributed by atoms with Gasteiger partial charge in [-0.15, -0.1) is 24.8 Å². The zero-order chi connectivity index (χ0) is 17.4. The zero-order valence-corrected chi connectivity index (χ0v) is 18.4. The van der Waals surface area contributed by atoms with Crippen molar-refractivity contribution in [2.45, 2.75) is 71.6 Å². The molecule has 0 radical (unpaired) electrons. The van der Waals surface area contributed by atoms with Crippen LogP contribution in [-0.2, 0) is 4.79 Å². The first-order valence-electron chi connectivity index (χ1n) is 10.2. The topological polar surface area (TPSA) is 58.4 Å². The van der Waals surface area contributed by atoms with Crippen LogP contribution in [0.5, 0.6) is 0 Å². The maximum Gasteiger partial charge on any atom is 0.220 e. The van der Waals surface area contributed by atoms with Gasteiger partial charge in [0, 0.05) is 26.1 Å². The zero-order valence-electron chi connectivity index (χ0n) is 16.8. The van der Waals surface area contributed by atoms with Crippen molar-refractivity contribution in [1.82, 2.24) is 10.2 Å². The summed E-state index contributed by atoms with van der Waals surface area (Å²) in [5, 5.41) is 3.13. The van der Waals surface area contributed by atoms with Gasteiger partial charge in [-0.1, -0.05) is 33.1 Å². The molecule has 156 valence electrons. The fourth-order valence-corrected chi connectivity index (χ4v) is 4.82. The van der Waals surface area contributed by atoms with Gasteiger partial charge in [0.1, 0.15) is 0 Å². The summed E-state index contributed by atoms with van der Waals surface area (Å²) in [7, 11) is 0. The normalized spacial score (nSPS) is 25.7. The molecule has 1 aliphatic carbocycles. The molecule has 0 aromatic carbocycles. The van der Waals surface area contributed by atoms with Gasteiger partial charge in [-0.05, 0) is 62.4 Å². The van der Waals surface area contributed by atoms with Crippen molar-refractivity contribution in [2.75, 3.05) is 32.7 Å². The van der Waals surface area contributed by atoms with E-state index in [0.29, 0.717) is 13.0 Å². The van der Waals surface area contributed by atoms with Gasteiger partial charge in [-0.3, -0.25) is 4.79 Å². The molecule has 26 heavy (non-hydrogen) atoms. The van der Waals surface area contributed by atoms with E-state index in [2.05, 4.69) is 24.1 Å². The summed E-state index contributed by atoms with van der Waals surface area (Å²) in [6.45, 7) is 9.87. The van der Waals surface area contributed by atoms with Crippen LogP contribution in [-0.4, -0.2) is 43.5 Å². The van der Waals surface area contributed by atoms with E-state index in [9.17, 15) is 4.79 Å². The van der Waals surface area contributed by atoms with E-state index >= 15 is 0 Å². The molecule has 2 fully saturated rings. The number of halogens is 2. The van der Waals surface area contributed by atoms with E-state index in [1.54, 1.807) is 0 Å². The third kappa shape index (κ3) is 8.77. The van der Waals surface area contributed by atoms with Crippen molar-refractivity contribution >= 4 is 30.7 Å². The molecule has 0 spiro atoms. The maximum absolute atomic E-state index is 12.2. The molecule has 6 heteroatoms. The van der Waals surface area contributed by atoms with Crippen molar-refractivity contribution in [1.29, 1.82) is 0 Å². The Balaban J connectivity index is 0.00000312. The Hall–Kier alpha value is -0.0300. The van der Waals surface area contributed by atoms with Crippen molar-refractivity contribution in [3.8, 4) is 0 Å². The number of hydrogen-bond acceptors (Lipinski definition) is 3. The van der Waals surface area contributed by atoms with Gasteiger partial charge in [0.05, 0.1) is 0 Å². The van der Waals surface area contributed by atoms with E-state index in [-0.39, 0.29) is 36.1 Å². The first-order chi connectivity index (χ1) is 11.5. The smallest absolute Gasteiger partial charge is 0.220 e. The van der Waals surface area contributed by atoms with Crippen LogP contribution in [0.15, 0.2) is 0 Å². The van der Waals surface area contributed by atoms with Crippen LogP contribution in [0.4, 0.5) is 0 Å².